The molecule has 6 nitrogen and oxygen atoms in total. The van der Waals surface area contributed by atoms with Crippen molar-refractivity contribution in [2.75, 3.05) is 13.2 Å². The zero-order valence-electron chi connectivity index (χ0n) is 15.3. The lowest BCUT2D eigenvalue weighted by Gasteiger charge is -2.06. The first-order valence-electron chi connectivity index (χ1n) is 8.58. The van der Waals surface area contributed by atoms with Crippen molar-refractivity contribution < 1.29 is 23.9 Å². The largest absolute Gasteiger partial charge is 0.462 e. The first-order valence-corrected chi connectivity index (χ1v) is 9.39. The van der Waals surface area contributed by atoms with E-state index in [0.717, 1.165) is 0 Å². The Morgan fingerprint density at radius 2 is 1.63 bits per heavy atom. The molecule has 27 heavy (non-hydrogen) atoms. The number of pyridine rings is 1. The van der Waals surface area contributed by atoms with Crippen LogP contribution in [-0.4, -0.2) is 35.3 Å². The second kappa shape index (κ2) is 7.75. The maximum atomic E-state index is 12.8. The molecule has 0 radical (unpaired) electrons. The lowest BCUT2D eigenvalue weighted by atomic mass is 10.1. The first-order chi connectivity index (χ1) is 13.0. The fourth-order valence-corrected chi connectivity index (χ4v) is 3.87. The van der Waals surface area contributed by atoms with Crippen LogP contribution >= 0.6 is 11.3 Å². The van der Waals surface area contributed by atoms with Crippen molar-refractivity contribution in [2.24, 2.45) is 0 Å². The van der Waals surface area contributed by atoms with Crippen LogP contribution in [0.1, 0.15) is 51.2 Å². The van der Waals surface area contributed by atoms with Crippen LogP contribution in [0.3, 0.4) is 0 Å². The third kappa shape index (κ3) is 3.38. The van der Waals surface area contributed by atoms with Gasteiger partial charge in [-0.25, -0.2) is 9.59 Å². The second-order valence-corrected chi connectivity index (χ2v) is 6.80. The Kier molecular flexibility index (Phi) is 5.41. The molecule has 0 aliphatic heterocycles. The minimum Gasteiger partial charge on any atom is -0.462 e. The van der Waals surface area contributed by atoms with Gasteiger partial charge in [-0.3, -0.25) is 4.79 Å². The summed E-state index contributed by atoms with van der Waals surface area (Å²) in [5, 5.41) is 0. The van der Waals surface area contributed by atoms with Gasteiger partial charge in [0.15, 0.2) is 5.78 Å². The topological polar surface area (TPSA) is 74.1 Å². The highest BCUT2D eigenvalue weighted by Gasteiger charge is 2.31. The lowest BCUT2D eigenvalue weighted by molar-refractivity contribution is 0.0482. The fraction of sp³-hybridized carbons (Fsp3) is 0.250. The zero-order valence-corrected chi connectivity index (χ0v) is 16.1. The molecule has 140 valence electrons. The van der Waals surface area contributed by atoms with Crippen molar-refractivity contribution in [1.29, 1.82) is 0 Å². The molecular weight excluding hydrogens is 366 g/mol. The molecule has 0 N–H and O–H groups in total. The number of thiophene rings is 1. The minimum atomic E-state index is -0.600. The number of carbonyl (C=O) groups is 3. The van der Waals surface area contributed by atoms with Crippen molar-refractivity contribution in [2.45, 2.75) is 20.8 Å². The van der Waals surface area contributed by atoms with E-state index in [1.165, 1.54) is 18.3 Å². The summed E-state index contributed by atoms with van der Waals surface area (Å²) in [6.45, 7) is 5.27. The van der Waals surface area contributed by atoms with Crippen LogP contribution in [0, 0.1) is 0 Å². The molecule has 3 heterocycles. The van der Waals surface area contributed by atoms with Gasteiger partial charge in [0.05, 0.1) is 34.2 Å². The molecule has 0 bridgehead atoms. The number of fused-ring (bicyclic) bond motifs is 1. The molecule has 0 saturated carbocycles. The van der Waals surface area contributed by atoms with Crippen LogP contribution in [0.4, 0.5) is 0 Å². The molecule has 0 spiro atoms. The Bertz CT molecular complexity index is 1030. The van der Waals surface area contributed by atoms with E-state index in [1.54, 1.807) is 54.8 Å². The molecule has 3 rings (SSSR count). The maximum absolute atomic E-state index is 12.8. The maximum Gasteiger partial charge on any atom is 0.341 e. The summed E-state index contributed by atoms with van der Waals surface area (Å²) in [5.41, 5.74) is 1.39. The Labute approximate surface area is 160 Å². The SMILES string of the molecule is CCOC(=O)c1c(C(=O)OCC)c2ccccn2c1-c1ccc(C(C)=O)s1. The number of hydrogen-bond donors (Lipinski definition) is 0. The standard InChI is InChI=1S/C20H19NO5S/c1-4-25-19(23)16-13-8-6-7-11-21(13)18(17(16)20(24)26-5-2)15-10-9-14(27-15)12(3)22/h6-11H,4-5H2,1-3H3. The second-order valence-electron chi connectivity index (χ2n) is 5.72. The van der Waals surface area contributed by atoms with Gasteiger partial charge in [-0.1, -0.05) is 6.07 Å². The smallest absolute Gasteiger partial charge is 0.341 e. The van der Waals surface area contributed by atoms with E-state index in [2.05, 4.69) is 0 Å². The van der Waals surface area contributed by atoms with Crippen molar-refractivity contribution in [1.82, 2.24) is 4.40 Å². The van der Waals surface area contributed by atoms with E-state index in [-0.39, 0.29) is 30.1 Å². The number of nitrogens with zero attached hydrogens (tertiary/aromatic N) is 1. The summed E-state index contributed by atoms with van der Waals surface area (Å²) in [6, 6.07) is 8.82. The summed E-state index contributed by atoms with van der Waals surface area (Å²) < 4.78 is 12.2. The van der Waals surface area contributed by atoms with E-state index in [1.807, 2.05) is 0 Å². The van der Waals surface area contributed by atoms with E-state index in [4.69, 9.17) is 9.47 Å². The van der Waals surface area contributed by atoms with Gasteiger partial charge in [-0.05, 0) is 45.0 Å². The predicted octanol–water partition coefficient (Wildman–Crippen LogP) is 4.22. The quantitative estimate of drug-likeness (QED) is 0.469. The van der Waals surface area contributed by atoms with Gasteiger partial charge in [0.2, 0.25) is 0 Å². The van der Waals surface area contributed by atoms with Gasteiger partial charge in [-0.15, -0.1) is 11.3 Å². The van der Waals surface area contributed by atoms with Crippen LogP contribution in [0.15, 0.2) is 36.5 Å². The minimum absolute atomic E-state index is 0.0598. The summed E-state index contributed by atoms with van der Waals surface area (Å²) in [7, 11) is 0. The zero-order chi connectivity index (χ0) is 19.6. The average molecular weight is 385 g/mol. The summed E-state index contributed by atoms with van der Waals surface area (Å²) in [4.78, 5) is 38.4. The third-order valence-electron chi connectivity index (χ3n) is 3.99. The third-order valence-corrected chi connectivity index (χ3v) is 5.18. The number of ketones is 1. The number of aromatic nitrogens is 1. The molecule has 0 atom stereocenters. The summed E-state index contributed by atoms with van der Waals surface area (Å²) in [6.07, 6.45) is 1.77. The van der Waals surface area contributed by atoms with Gasteiger partial charge in [0.25, 0.3) is 0 Å². The summed E-state index contributed by atoms with van der Waals surface area (Å²) in [5.74, 6) is -1.24. The number of ether oxygens (including phenoxy) is 2. The van der Waals surface area contributed by atoms with E-state index in [0.29, 0.717) is 21.0 Å². The first kappa shape index (κ1) is 18.8. The number of esters is 2. The van der Waals surface area contributed by atoms with E-state index < -0.39 is 11.9 Å². The predicted molar refractivity (Wildman–Crippen MR) is 103 cm³/mol. The molecule has 0 unspecified atom stereocenters. The van der Waals surface area contributed by atoms with Gasteiger partial charge in [0, 0.05) is 6.20 Å². The van der Waals surface area contributed by atoms with Crippen molar-refractivity contribution >= 4 is 34.6 Å². The molecule has 0 aromatic carbocycles. The molecule has 7 heteroatoms. The fourth-order valence-electron chi connectivity index (χ4n) is 2.92. The normalized spacial score (nSPS) is 10.8. The van der Waals surface area contributed by atoms with E-state index in [9.17, 15) is 14.4 Å². The Morgan fingerprint density at radius 1 is 0.963 bits per heavy atom. The van der Waals surface area contributed by atoms with Gasteiger partial charge in [-0.2, -0.15) is 0 Å². The van der Waals surface area contributed by atoms with Crippen LogP contribution < -0.4 is 0 Å². The molecular formula is C20H19NO5S. The highest BCUT2D eigenvalue weighted by Crippen LogP contribution is 2.37. The molecule has 3 aromatic heterocycles. The van der Waals surface area contributed by atoms with Gasteiger partial charge in [0.1, 0.15) is 11.1 Å². The molecule has 0 aliphatic carbocycles. The molecule has 0 amide bonds. The Morgan fingerprint density at radius 3 is 2.22 bits per heavy atom. The monoisotopic (exact) mass is 385 g/mol. The average Bonchev–Trinajstić information content (AvgIpc) is 3.24. The van der Waals surface area contributed by atoms with Gasteiger partial charge < -0.3 is 13.9 Å². The molecule has 0 aliphatic rings. The van der Waals surface area contributed by atoms with Crippen LogP contribution in [0.5, 0.6) is 0 Å². The lowest BCUT2D eigenvalue weighted by Crippen LogP contribution is -2.13. The molecule has 0 saturated heterocycles. The van der Waals surface area contributed by atoms with Crippen LogP contribution in [0.2, 0.25) is 0 Å². The highest BCUT2D eigenvalue weighted by molar-refractivity contribution is 7.17. The van der Waals surface area contributed by atoms with Crippen molar-refractivity contribution in [3.05, 3.63) is 52.5 Å². The molecule has 3 aromatic rings. The van der Waals surface area contributed by atoms with Crippen LogP contribution in [-0.2, 0) is 9.47 Å². The highest BCUT2D eigenvalue weighted by atomic mass is 32.1. The Balaban J connectivity index is 2.36. The number of carbonyl (C=O) groups excluding carboxylic acids is 3. The number of rotatable bonds is 6. The Hall–Kier alpha value is -2.93. The van der Waals surface area contributed by atoms with Gasteiger partial charge >= 0.3 is 11.9 Å². The summed E-state index contributed by atoms with van der Waals surface area (Å²) >= 11 is 1.27. The van der Waals surface area contributed by atoms with Crippen molar-refractivity contribution in [3.8, 4) is 10.6 Å². The number of Topliss-reactive ketones (excluding diaryl/α,β-unsaturated/α-hetero) is 1. The molecule has 0 fully saturated rings. The number of hydrogen-bond acceptors (Lipinski definition) is 6. The van der Waals surface area contributed by atoms with E-state index >= 15 is 0 Å². The van der Waals surface area contributed by atoms with Crippen LogP contribution in [0.25, 0.3) is 16.1 Å². The van der Waals surface area contributed by atoms with Crippen molar-refractivity contribution in [3.63, 3.8) is 0 Å².